The molecule has 1 aromatic rings. The van der Waals surface area contributed by atoms with Crippen molar-refractivity contribution < 1.29 is 14.7 Å². The molecule has 7 heteroatoms. The minimum atomic E-state index is -0.910. The molecule has 118 valence electrons. The number of thiazole rings is 1. The second kappa shape index (κ2) is 7.40. The normalized spacial score (nSPS) is 11.2. The number of hydrogen-bond acceptors (Lipinski definition) is 4. The lowest BCUT2D eigenvalue weighted by Gasteiger charge is -2.16. The van der Waals surface area contributed by atoms with E-state index in [1.165, 1.54) is 4.90 Å². The fourth-order valence-electron chi connectivity index (χ4n) is 1.55. The second-order valence-electron chi connectivity index (χ2n) is 5.92. The van der Waals surface area contributed by atoms with E-state index in [2.05, 4.69) is 36.5 Å². The molecule has 2 amide bonds. The van der Waals surface area contributed by atoms with Crippen LogP contribution in [0.1, 0.15) is 37.9 Å². The molecule has 0 radical (unpaired) electrons. The van der Waals surface area contributed by atoms with E-state index in [1.54, 1.807) is 18.4 Å². The number of nitrogens with zero attached hydrogens (tertiary/aromatic N) is 2. The number of carboxylic acids is 1. The van der Waals surface area contributed by atoms with Gasteiger partial charge in [0.15, 0.2) is 0 Å². The predicted octanol–water partition coefficient (Wildman–Crippen LogP) is 2.10. The molecule has 0 saturated carbocycles. The maximum absolute atomic E-state index is 11.7. The number of nitrogens with one attached hydrogen (secondary N) is 1. The van der Waals surface area contributed by atoms with Crippen LogP contribution in [0.4, 0.5) is 4.79 Å². The van der Waals surface area contributed by atoms with Crippen LogP contribution in [0, 0.1) is 0 Å². The molecule has 0 unspecified atom stereocenters. The lowest BCUT2D eigenvalue weighted by Crippen LogP contribution is -2.39. The molecular formula is C14H23N3O3S. The average molecular weight is 313 g/mol. The number of aliphatic carboxylic acids is 1. The lowest BCUT2D eigenvalue weighted by molar-refractivity contribution is -0.137. The Hall–Kier alpha value is -1.63. The first-order valence-corrected chi connectivity index (χ1v) is 7.73. The van der Waals surface area contributed by atoms with E-state index >= 15 is 0 Å². The van der Waals surface area contributed by atoms with E-state index in [-0.39, 0.29) is 24.4 Å². The smallest absolute Gasteiger partial charge is 0.317 e. The van der Waals surface area contributed by atoms with Crippen molar-refractivity contribution in [2.45, 2.75) is 39.0 Å². The van der Waals surface area contributed by atoms with Gasteiger partial charge in [-0.3, -0.25) is 4.79 Å². The topological polar surface area (TPSA) is 82.5 Å². The number of rotatable bonds is 6. The van der Waals surface area contributed by atoms with Gasteiger partial charge in [-0.15, -0.1) is 11.3 Å². The summed E-state index contributed by atoms with van der Waals surface area (Å²) in [6.07, 6.45) is 0.630. The molecule has 1 aromatic heterocycles. The highest BCUT2D eigenvalue weighted by Gasteiger charge is 2.17. The summed E-state index contributed by atoms with van der Waals surface area (Å²) in [5.74, 6) is -0.910. The van der Waals surface area contributed by atoms with Gasteiger partial charge in [-0.2, -0.15) is 0 Å². The third-order valence-corrected chi connectivity index (χ3v) is 3.85. The largest absolute Gasteiger partial charge is 0.481 e. The van der Waals surface area contributed by atoms with Gasteiger partial charge in [0.05, 0.1) is 17.1 Å². The Morgan fingerprint density at radius 2 is 2.10 bits per heavy atom. The van der Waals surface area contributed by atoms with Gasteiger partial charge in [-0.05, 0) is 0 Å². The van der Waals surface area contributed by atoms with E-state index in [1.807, 2.05) is 0 Å². The molecule has 0 aliphatic rings. The molecule has 0 aliphatic carbocycles. The van der Waals surface area contributed by atoms with Crippen LogP contribution in [-0.2, 0) is 16.6 Å². The van der Waals surface area contributed by atoms with E-state index in [9.17, 15) is 9.59 Å². The minimum absolute atomic E-state index is 0.0368. The average Bonchev–Trinajstić information content (AvgIpc) is 2.84. The first-order valence-electron chi connectivity index (χ1n) is 6.86. The maximum Gasteiger partial charge on any atom is 0.317 e. The minimum Gasteiger partial charge on any atom is -0.481 e. The van der Waals surface area contributed by atoms with Gasteiger partial charge in [-0.1, -0.05) is 20.8 Å². The summed E-state index contributed by atoms with van der Waals surface area (Å²) >= 11 is 1.60. The number of aromatic nitrogens is 1. The fraction of sp³-hybridized carbons (Fsp3) is 0.643. The van der Waals surface area contributed by atoms with Gasteiger partial charge >= 0.3 is 12.0 Å². The van der Waals surface area contributed by atoms with Crippen LogP contribution in [0.2, 0.25) is 0 Å². The number of hydrogen-bond donors (Lipinski definition) is 2. The van der Waals surface area contributed by atoms with Crippen LogP contribution in [-0.4, -0.2) is 47.1 Å². The summed E-state index contributed by atoms with van der Waals surface area (Å²) < 4.78 is 0. The van der Waals surface area contributed by atoms with Crippen molar-refractivity contribution in [2.24, 2.45) is 0 Å². The summed E-state index contributed by atoms with van der Waals surface area (Å²) in [6.45, 7) is 7.04. The molecule has 0 bridgehead atoms. The molecule has 0 saturated heterocycles. The zero-order chi connectivity index (χ0) is 16.0. The highest BCUT2D eigenvalue weighted by molar-refractivity contribution is 7.09. The van der Waals surface area contributed by atoms with Crippen molar-refractivity contribution >= 4 is 23.3 Å². The van der Waals surface area contributed by atoms with Gasteiger partial charge in [-0.25, -0.2) is 9.78 Å². The molecular weight excluding hydrogens is 290 g/mol. The molecule has 0 aromatic carbocycles. The first-order chi connectivity index (χ1) is 9.70. The van der Waals surface area contributed by atoms with Crippen molar-refractivity contribution in [3.05, 3.63) is 16.1 Å². The van der Waals surface area contributed by atoms with Crippen LogP contribution in [0.3, 0.4) is 0 Å². The molecule has 21 heavy (non-hydrogen) atoms. The van der Waals surface area contributed by atoms with Crippen molar-refractivity contribution in [1.29, 1.82) is 0 Å². The van der Waals surface area contributed by atoms with Gasteiger partial charge in [0.25, 0.3) is 0 Å². The standard InChI is InChI=1S/C14H23N3O3S/c1-14(2,3)10-9-21-11(16-10)5-7-15-13(20)17(4)8-6-12(18)19/h9H,5-8H2,1-4H3,(H,15,20)(H,18,19). The highest BCUT2D eigenvalue weighted by Crippen LogP contribution is 2.23. The Morgan fingerprint density at radius 3 is 2.62 bits per heavy atom. The molecule has 1 heterocycles. The summed E-state index contributed by atoms with van der Waals surface area (Å²) in [6, 6.07) is -0.260. The third-order valence-electron chi connectivity index (χ3n) is 2.94. The number of carbonyl (C=O) groups excluding carboxylic acids is 1. The predicted molar refractivity (Wildman–Crippen MR) is 82.8 cm³/mol. The molecule has 1 rings (SSSR count). The number of amides is 2. The molecule has 0 aliphatic heterocycles. The van der Waals surface area contributed by atoms with Crippen LogP contribution in [0.5, 0.6) is 0 Å². The second-order valence-corrected chi connectivity index (χ2v) is 6.87. The Balaban J connectivity index is 2.34. The molecule has 0 atom stereocenters. The number of carbonyl (C=O) groups is 2. The highest BCUT2D eigenvalue weighted by atomic mass is 32.1. The summed E-state index contributed by atoms with van der Waals surface area (Å²) in [5, 5.41) is 14.4. The van der Waals surface area contributed by atoms with E-state index in [0.717, 1.165) is 10.7 Å². The van der Waals surface area contributed by atoms with Gasteiger partial charge in [0, 0.05) is 37.4 Å². The van der Waals surface area contributed by atoms with Crippen molar-refractivity contribution in [3.8, 4) is 0 Å². The fourth-order valence-corrected chi connectivity index (χ4v) is 2.57. The Bertz CT molecular complexity index is 494. The SMILES string of the molecule is CN(CCC(=O)O)C(=O)NCCc1nc(C(C)(C)C)cs1. The van der Waals surface area contributed by atoms with Crippen molar-refractivity contribution in [3.63, 3.8) is 0 Å². The van der Waals surface area contributed by atoms with Crippen LogP contribution in [0.25, 0.3) is 0 Å². The first kappa shape index (κ1) is 17.4. The van der Waals surface area contributed by atoms with Gasteiger partial charge in [0.1, 0.15) is 0 Å². The quantitative estimate of drug-likeness (QED) is 0.842. The number of urea groups is 1. The van der Waals surface area contributed by atoms with E-state index in [0.29, 0.717) is 13.0 Å². The Kier molecular flexibility index (Phi) is 6.14. The van der Waals surface area contributed by atoms with E-state index in [4.69, 9.17) is 5.11 Å². The Labute approximate surface area is 129 Å². The molecule has 6 nitrogen and oxygen atoms in total. The zero-order valence-corrected chi connectivity index (χ0v) is 13.8. The molecule has 0 fully saturated rings. The maximum atomic E-state index is 11.7. The number of carboxylic acid groups (broad SMARTS) is 1. The summed E-state index contributed by atoms with van der Waals surface area (Å²) in [5.41, 5.74) is 1.10. The molecule has 2 N–H and O–H groups in total. The monoisotopic (exact) mass is 313 g/mol. The van der Waals surface area contributed by atoms with Crippen LogP contribution < -0.4 is 5.32 Å². The van der Waals surface area contributed by atoms with Crippen molar-refractivity contribution in [2.75, 3.05) is 20.1 Å². The zero-order valence-electron chi connectivity index (χ0n) is 13.0. The van der Waals surface area contributed by atoms with Crippen molar-refractivity contribution in [1.82, 2.24) is 15.2 Å². The Morgan fingerprint density at radius 1 is 1.43 bits per heavy atom. The van der Waals surface area contributed by atoms with Gasteiger partial charge in [0.2, 0.25) is 0 Å². The summed E-state index contributed by atoms with van der Waals surface area (Å²) in [4.78, 5) is 28.1. The van der Waals surface area contributed by atoms with Gasteiger partial charge < -0.3 is 15.3 Å². The van der Waals surface area contributed by atoms with Crippen LogP contribution >= 0.6 is 11.3 Å². The lowest BCUT2D eigenvalue weighted by atomic mass is 9.93. The summed E-state index contributed by atoms with van der Waals surface area (Å²) in [7, 11) is 1.58. The third kappa shape index (κ3) is 6.12. The van der Waals surface area contributed by atoms with E-state index < -0.39 is 5.97 Å². The molecule has 0 spiro atoms. The van der Waals surface area contributed by atoms with Crippen LogP contribution in [0.15, 0.2) is 5.38 Å².